The molecule has 260 valence electrons. The zero-order valence-corrected chi connectivity index (χ0v) is 29.6. The van der Waals surface area contributed by atoms with Crippen molar-refractivity contribution in [2.75, 3.05) is 5.32 Å². The molecule has 0 radical (unpaired) electrons. The lowest BCUT2D eigenvalue weighted by molar-refractivity contribution is 0.911. The maximum atomic E-state index is 8.83. The van der Waals surface area contributed by atoms with E-state index in [0.29, 0.717) is 5.95 Å². The highest BCUT2D eigenvalue weighted by molar-refractivity contribution is 6.17. The van der Waals surface area contributed by atoms with Gasteiger partial charge < -0.3 is 15.3 Å². The summed E-state index contributed by atoms with van der Waals surface area (Å²) >= 11 is 0. The fourth-order valence-corrected chi connectivity index (χ4v) is 7.61. The van der Waals surface area contributed by atoms with Crippen molar-refractivity contribution in [2.45, 2.75) is 0 Å². The van der Waals surface area contributed by atoms with E-state index >= 15 is 0 Å². The Labute approximate surface area is 317 Å². The van der Waals surface area contributed by atoms with Crippen molar-refractivity contribution in [2.24, 2.45) is 0 Å². The number of hydrogen-bond donors (Lipinski definition) is 2. The highest BCUT2D eigenvalue weighted by Crippen LogP contribution is 2.40. The highest BCUT2D eigenvalue weighted by atomic mass is 15.3. The van der Waals surface area contributed by atoms with Crippen molar-refractivity contribution < 1.29 is 0 Å². The van der Waals surface area contributed by atoms with Gasteiger partial charge >= 0.3 is 0 Å². The Bertz CT molecular complexity index is 2950. The molecule has 0 bridgehead atoms. The normalized spacial score (nSPS) is 11.3. The van der Waals surface area contributed by atoms with Gasteiger partial charge in [-0.25, -0.2) is 14.6 Å². The summed E-state index contributed by atoms with van der Waals surface area (Å²) in [6, 6.07) is 60.1. The lowest BCUT2D eigenvalue weighted by Crippen LogP contribution is -2.04. The second kappa shape index (κ2) is 13.4. The second-order valence-electron chi connectivity index (χ2n) is 13.4. The molecular weight excluding hydrogens is 675 g/mol. The number of benzene rings is 7. The van der Waals surface area contributed by atoms with Gasteiger partial charge in [0.15, 0.2) is 0 Å². The summed E-state index contributed by atoms with van der Waals surface area (Å²) < 4.78 is 4.26. The van der Waals surface area contributed by atoms with Crippen LogP contribution in [0.2, 0.25) is 0 Å². The van der Waals surface area contributed by atoms with E-state index in [1.54, 1.807) is 0 Å². The summed E-state index contributed by atoms with van der Waals surface area (Å²) in [5, 5.41) is 20.4. The third-order valence-electron chi connectivity index (χ3n) is 10.2. The van der Waals surface area contributed by atoms with E-state index in [2.05, 4.69) is 113 Å². The molecule has 0 saturated heterocycles. The number of aromatic nitrogens is 5. The average Bonchev–Trinajstić information content (AvgIpc) is 3.84. The zero-order chi connectivity index (χ0) is 36.7. The molecule has 55 heavy (non-hydrogen) atoms. The molecule has 2 N–H and O–H groups in total. The number of nitrogens with one attached hydrogen (secondary N) is 2. The Morgan fingerprint density at radius 1 is 0.509 bits per heavy atom. The first kappa shape index (κ1) is 32.0. The SMILES string of the molecule is N=Cc1c(Nc2nc(-c3ccccc3)cc(-c3ccccc3)n2)ccc2c3ccc(-c4cccc5c4cnn5-c4ccccc4)cc3n(-c3ccccc3)c12. The van der Waals surface area contributed by atoms with Crippen molar-refractivity contribution in [3.63, 3.8) is 0 Å². The van der Waals surface area contributed by atoms with Gasteiger partial charge in [-0.05, 0) is 59.7 Å². The Balaban J connectivity index is 1.15. The van der Waals surface area contributed by atoms with E-state index in [0.717, 1.165) is 89.0 Å². The Morgan fingerprint density at radius 2 is 1.13 bits per heavy atom. The summed E-state index contributed by atoms with van der Waals surface area (Å²) in [4.78, 5) is 9.97. The number of fused-ring (bicyclic) bond motifs is 4. The van der Waals surface area contributed by atoms with Gasteiger partial charge in [-0.15, -0.1) is 0 Å². The van der Waals surface area contributed by atoms with Crippen LogP contribution in [0.15, 0.2) is 182 Å². The van der Waals surface area contributed by atoms with Gasteiger partial charge in [0.25, 0.3) is 0 Å². The molecular formula is C48H33N7. The number of nitrogens with zero attached hydrogens (tertiary/aromatic N) is 5. The summed E-state index contributed by atoms with van der Waals surface area (Å²) in [5.41, 5.74) is 12.3. The quantitative estimate of drug-likeness (QED) is 0.154. The molecule has 0 saturated carbocycles. The predicted molar refractivity (Wildman–Crippen MR) is 225 cm³/mol. The van der Waals surface area contributed by atoms with Crippen molar-refractivity contribution in [3.05, 3.63) is 188 Å². The van der Waals surface area contributed by atoms with Crippen LogP contribution >= 0.6 is 0 Å². The van der Waals surface area contributed by atoms with Gasteiger partial charge in [0.2, 0.25) is 5.95 Å². The second-order valence-corrected chi connectivity index (χ2v) is 13.4. The van der Waals surface area contributed by atoms with Gasteiger partial charge in [0, 0.05) is 44.8 Å². The average molecular weight is 708 g/mol. The Morgan fingerprint density at radius 3 is 1.78 bits per heavy atom. The van der Waals surface area contributed by atoms with Crippen LogP contribution in [0.1, 0.15) is 5.56 Å². The molecule has 3 aromatic heterocycles. The molecule has 0 spiro atoms. The number of anilines is 2. The zero-order valence-electron chi connectivity index (χ0n) is 29.6. The minimum atomic E-state index is 0.455. The van der Waals surface area contributed by atoms with Gasteiger partial charge in [0.05, 0.1) is 45.5 Å². The number of hydrogen-bond acceptors (Lipinski definition) is 5. The van der Waals surface area contributed by atoms with Crippen molar-refractivity contribution in [1.29, 1.82) is 5.41 Å². The monoisotopic (exact) mass is 707 g/mol. The van der Waals surface area contributed by atoms with E-state index in [-0.39, 0.29) is 0 Å². The van der Waals surface area contributed by atoms with E-state index in [1.807, 2.05) is 83.7 Å². The standard InChI is InChI=1S/C48H33N7/c49-30-40-42(51-48-52-43(32-14-5-1-6-15-32)29-44(53-48)33-16-7-2-8-17-33)27-26-39-38-25-24-34(28-46(38)54(47(39)40)35-18-9-3-10-19-35)37-22-13-23-45-41(37)31-50-55(45)36-20-11-4-12-21-36/h1-31,49H,(H,51,52,53). The molecule has 0 aliphatic rings. The molecule has 7 aromatic carbocycles. The molecule has 3 heterocycles. The molecule has 0 unspecified atom stereocenters. The first-order valence-corrected chi connectivity index (χ1v) is 18.2. The molecule has 10 rings (SSSR count). The Hall–Kier alpha value is -7.64. The smallest absolute Gasteiger partial charge is 0.228 e. The van der Waals surface area contributed by atoms with Gasteiger partial charge in [-0.2, -0.15) is 5.10 Å². The van der Waals surface area contributed by atoms with Crippen molar-refractivity contribution in [1.82, 2.24) is 24.3 Å². The van der Waals surface area contributed by atoms with E-state index in [9.17, 15) is 0 Å². The molecule has 0 fully saturated rings. The number of rotatable bonds is 8. The summed E-state index contributed by atoms with van der Waals surface area (Å²) in [7, 11) is 0. The van der Waals surface area contributed by atoms with Crippen LogP contribution in [0.3, 0.4) is 0 Å². The minimum Gasteiger partial charge on any atom is -0.323 e. The Kier molecular flexibility index (Phi) is 7.81. The largest absolute Gasteiger partial charge is 0.323 e. The summed E-state index contributed by atoms with van der Waals surface area (Å²) in [5.74, 6) is 0.455. The predicted octanol–water partition coefficient (Wildman–Crippen LogP) is 11.7. The summed E-state index contributed by atoms with van der Waals surface area (Å²) in [6.07, 6.45) is 3.39. The van der Waals surface area contributed by atoms with E-state index in [1.165, 1.54) is 6.21 Å². The fourth-order valence-electron chi connectivity index (χ4n) is 7.61. The van der Waals surface area contributed by atoms with Crippen LogP contribution in [-0.4, -0.2) is 30.5 Å². The van der Waals surface area contributed by atoms with Gasteiger partial charge in [-0.3, -0.25) is 0 Å². The number of para-hydroxylation sites is 2. The molecule has 7 nitrogen and oxygen atoms in total. The van der Waals surface area contributed by atoms with Crippen LogP contribution in [0.25, 0.3) is 77.7 Å². The molecule has 10 aromatic rings. The first-order valence-electron chi connectivity index (χ1n) is 18.2. The lowest BCUT2D eigenvalue weighted by Gasteiger charge is -2.15. The van der Waals surface area contributed by atoms with E-state index < -0.39 is 0 Å². The van der Waals surface area contributed by atoms with Crippen LogP contribution in [0, 0.1) is 5.41 Å². The maximum absolute atomic E-state index is 8.83. The molecule has 0 aliphatic heterocycles. The lowest BCUT2D eigenvalue weighted by atomic mass is 10.00. The van der Waals surface area contributed by atoms with E-state index in [4.69, 9.17) is 20.5 Å². The topological polar surface area (TPSA) is 84.4 Å². The molecule has 0 amide bonds. The van der Waals surface area contributed by atoms with Crippen LogP contribution in [0.4, 0.5) is 11.6 Å². The molecule has 7 heteroatoms. The van der Waals surface area contributed by atoms with Crippen LogP contribution < -0.4 is 5.32 Å². The van der Waals surface area contributed by atoms with Gasteiger partial charge in [-0.1, -0.05) is 127 Å². The third-order valence-corrected chi connectivity index (χ3v) is 10.2. The van der Waals surface area contributed by atoms with Crippen molar-refractivity contribution in [3.8, 4) is 45.0 Å². The van der Waals surface area contributed by atoms with Crippen LogP contribution in [-0.2, 0) is 0 Å². The van der Waals surface area contributed by atoms with Crippen molar-refractivity contribution >= 4 is 50.6 Å². The van der Waals surface area contributed by atoms with Gasteiger partial charge in [0.1, 0.15) is 0 Å². The third kappa shape index (κ3) is 5.62. The summed E-state index contributed by atoms with van der Waals surface area (Å²) in [6.45, 7) is 0. The fraction of sp³-hybridized carbons (Fsp3) is 0. The first-order chi connectivity index (χ1) is 27.2. The minimum absolute atomic E-state index is 0.455. The molecule has 0 aliphatic carbocycles. The highest BCUT2D eigenvalue weighted by Gasteiger charge is 2.20. The maximum Gasteiger partial charge on any atom is 0.228 e. The molecule has 0 atom stereocenters. The van der Waals surface area contributed by atoms with Crippen LogP contribution in [0.5, 0.6) is 0 Å².